The molecule has 0 aliphatic rings. The highest BCUT2D eigenvalue weighted by molar-refractivity contribution is 5.10. The summed E-state index contributed by atoms with van der Waals surface area (Å²) in [6.45, 7) is 10.2. The normalized spacial score (nSPS) is 13.5. The average Bonchev–Trinajstić information content (AvgIpc) is 2.47. The second-order valence-electron chi connectivity index (χ2n) is 4.72. The summed E-state index contributed by atoms with van der Waals surface area (Å²) in [4.78, 5) is 8.67. The van der Waals surface area contributed by atoms with Crippen LogP contribution in [0, 0.1) is 0 Å². The van der Waals surface area contributed by atoms with Gasteiger partial charge in [0.1, 0.15) is 0 Å². The summed E-state index contributed by atoms with van der Waals surface area (Å²) < 4.78 is 6.11. The second-order valence-corrected chi connectivity index (χ2v) is 4.72. The molecule has 1 aromatic heterocycles. The van der Waals surface area contributed by atoms with Crippen LogP contribution in [-0.2, 0) is 4.74 Å². The molecule has 0 saturated carbocycles. The molecule has 0 bridgehead atoms. The molecule has 1 aromatic rings. The summed E-state index contributed by atoms with van der Waals surface area (Å²) in [6.07, 6.45) is 8.29. The lowest BCUT2D eigenvalue weighted by molar-refractivity contribution is -0.0742. The van der Waals surface area contributed by atoms with Crippen molar-refractivity contribution in [2.75, 3.05) is 13.2 Å². The van der Waals surface area contributed by atoms with Crippen LogP contribution in [0.3, 0.4) is 0 Å². The number of rotatable bonds is 9. The van der Waals surface area contributed by atoms with E-state index >= 15 is 0 Å². The molecule has 4 nitrogen and oxygen atoms in total. The van der Waals surface area contributed by atoms with Crippen molar-refractivity contribution in [2.24, 2.45) is 0 Å². The zero-order valence-electron chi connectivity index (χ0n) is 12.6. The van der Waals surface area contributed by atoms with Gasteiger partial charge in [0.25, 0.3) is 0 Å². The minimum atomic E-state index is -0.208. The minimum Gasteiger partial charge on any atom is -0.373 e. The Bertz CT molecular complexity index is 339. The van der Waals surface area contributed by atoms with E-state index in [0.717, 1.165) is 31.5 Å². The predicted molar refractivity (Wildman–Crippen MR) is 78.0 cm³/mol. The predicted octanol–water partition coefficient (Wildman–Crippen LogP) is 3.11. The average molecular weight is 265 g/mol. The molecule has 0 amide bonds. The Morgan fingerprint density at radius 2 is 1.95 bits per heavy atom. The fourth-order valence-corrected chi connectivity index (χ4v) is 2.54. The van der Waals surface area contributed by atoms with Gasteiger partial charge in [0, 0.05) is 19.0 Å². The molecule has 1 atom stereocenters. The number of aromatic nitrogens is 2. The first-order chi connectivity index (χ1) is 9.24. The molecule has 1 unspecified atom stereocenters. The van der Waals surface area contributed by atoms with Gasteiger partial charge in [-0.05, 0) is 32.7 Å². The zero-order valence-corrected chi connectivity index (χ0v) is 12.6. The maximum atomic E-state index is 6.11. The third-order valence-electron chi connectivity index (χ3n) is 3.63. The van der Waals surface area contributed by atoms with Gasteiger partial charge in [-0.25, -0.2) is 0 Å². The number of nitrogens with zero attached hydrogens (tertiary/aromatic N) is 2. The lowest BCUT2D eigenvalue weighted by Crippen LogP contribution is -2.46. The molecular weight excluding hydrogens is 238 g/mol. The molecule has 0 saturated heterocycles. The lowest BCUT2D eigenvalue weighted by Gasteiger charge is -2.39. The Morgan fingerprint density at radius 1 is 1.21 bits per heavy atom. The smallest absolute Gasteiger partial charge is 0.0886 e. The van der Waals surface area contributed by atoms with E-state index in [2.05, 4.69) is 36.1 Å². The van der Waals surface area contributed by atoms with Crippen molar-refractivity contribution < 1.29 is 4.74 Å². The molecule has 0 fully saturated rings. The van der Waals surface area contributed by atoms with Crippen molar-refractivity contribution >= 4 is 0 Å². The summed E-state index contributed by atoms with van der Waals surface area (Å²) in [5.41, 5.74) is 0.757. The van der Waals surface area contributed by atoms with E-state index in [1.165, 1.54) is 0 Å². The maximum Gasteiger partial charge on any atom is 0.0886 e. The number of hydrogen-bond donors (Lipinski definition) is 1. The van der Waals surface area contributed by atoms with Crippen LogP contribution in [0.2, 0.25) is 0 Å². The van der Waals surface area contributed by atoms with E-state index in [0.29, 0.717) is 6.61 Å². The number of hydrogen-bond acceptors (Lipinski definition) is 4. The minimum absolute atomic E-state index is 0.0936. The van der Waals surface area contributed by atoms with E-state index in [9.17, 15) is 0 Å². The van der Waals surface area contributed by atoms with Crippen LogP contribution in [0.1, 0.15) is 58.7 Å². The Balaban J connectivity index is 3.05. The topological polar surface area (TPSA) is 47.0 Å². The van der Waals surface area contributed by atoms with Crippen molar-refractivity contribution in [3.8, 4) is 0 Å². The standard InChI is InChI=1S/C15H27N3O/c1-5-9-18-14(13-12-16-10-11-17-13)15(6-2,7-3)19-8-4/h10-12,14,18H,5-9H2,1-4H3. The van der Waals surface area contributed by atoms with Gasteiger partial charge in [-0.1, -0.05) is 20.8 Å². The van der Waals surface area contributed by atoms with Crippen LogP contribution in [0.5, 0.6) is 0 Å². The van der Waals surface area contributed by atoms with Gasteiger partial charge < -0.3 is 10.1 Å². The van der Waals surface area contributed by atoms with E-state index < -0.39 is 0 Å². The third kappa shape index (κ3) is 3.98. The quantitative estimate of drug-likeness (QED) is 0.745. The van der Waals surface area contributed by atoms with Crippen molar-refractivity contribution in [1.82, 2.24) is 15.3 Å². The third-order valence-corrected chi connectivity index (χ3v) is 3.63. The summed E-state index contributed by atoms with van der Waals surface area (Å²) in [5, 5.41) is 3.59. The summed E-state index contributed by atoms with van der Waals surface area (Å²) in [5.74, 6) is 0. The fourth-order valence-electron chi connectivity index (χ4n) is 2.54. The van der Waals surface area contributed by atoms with Gasteiger partial charge >= 0.3 is 0 Å². The number of ether oxygens (including phenoxy) is 1. The van der Waals surface area contributed by atoms with Crippen LogP contribution in [0.25, 0.3) is 0 Å². The zero-order chi connectivity index (χ0) is 14.1. The van der Waals surface area contributed by atoms with E-state index in [1.807, 2.05) is 13.1 Å². The van der Waals surface area contributed by atoms with E-state index in [1.54, 1.807) is 12.4 Å². The second kappa shape index (κ2) is 8.23. The Labute approximate surface area is 117 Å². The van der Waals surface area contributed by atoms with Crippen molar-refractivity contribution in [2.45, 2.75) is 58.6 Å². The van der Waals surface area contributed by atoms with Gasteiger partial charge in [-0.2, -0.15) is 0 Å². The van der Waals surface area contributed by atoms with Gasteiger partial charge in [0.15, 0.2) is 0 Å². The molecule has 0 radical (unpaired) electrons. The van der Waals surface area contributed by atoms with Gasteiger partial charge in [-0.15, -0.1) is 0 Å². The summed E-state index contributed by atoms with van der Waals surface area (Å²) in [7, 11) is 0. The van der Waals surface area contributed by atoms with Gasteiger partial charge in [0.2, 0.25) is 0 Å². The molecule has 0 aliphatic heterocycles. The van der Waals surface area contributed by atoms with Crippen LogP contribution >= 0.6 is 0 Å². The molecule has 1 rings (SSSR count). The Hall–Kier alpha value is -1.00. The van der Waals surface area contributed by atoms with Crippen LogP contribution in [0.15, 0.2) is 18.6 Å². The molecule has 19 heavy (non-hydrogen) atoms. The first-order valence-electron chi connectivity index (χ1n) is 7.37. The number of nitrogens with one attached hydrogen (secondary N) is 1. The van der Waals surface area contributed by atoms with Crippen molar-refractivity contribution in [3.63, 3.8) is 0 Å². The van der Waals surface area contributed by atoms with E-state index in [4.69, 9.17) is 4.74 Å². The molecule has 1 heterocycles. The van der Waals surface area contributed by atoms with Gasteiger partial charge in [-0.3, -0.25) is 9.97 Å². The fraction of sp³-hybridized carbons (Fsp3) is 0.733. The largest absolute Gasteiger partial charge is 0.373 e. The summed E-state index contributed by atoms with van der Waals surface area (Å²) in [6, 6.07) is 0.0936. The first kappa shape index (κ1) is 16.1. The highest BCUT2D eigenvalue weighted by atomic mass is 16.5. The SMILES string of the molecule is CCCNC(c1cnccn1)C(CC)(CC)OCC. The molecule has 4 heteroatoms. The van der Waals surface area contributed by atoms with Crippen molar-refractivity contribution in [3.05, 3.63) is 24.3 Å². The Kier molecular flexibility index (Phi) is 6.95. The van der Waals surface area contributed by atoms with Crippen LogP contribution in [-0.4, -0.2) is 28.7 Å². The van der Waals surface area contributed by atoms with E-state index in [-0.39, 0.29) is 11.6 Å². The molecular formula is C15H27N3O. The first-order valence-corrected chi connectivity index (χ1v) is 7.37. The highest BCUT2D eigenvalue weighted by Gasteiger charge is 2.38. The molecule has 1 N–H and O–H groups in total. The van der Waals surface area contributed by atoms with Gasteiger partial charge in [0.05, 0.1) is 23.5 Å². The maximum absolute atomic E-state index is 6.11. The molecule has 0 aliphatic carbocycles. The van der Waals surface area contributed by atoms with Crippen LogP contribution < -0.4 is 5.32 Å². The van der Waals surface area contributed by atoms with Crippen LogP contribution in [0.4, 0.5) is 0 Å². The Morgan fingerprint density at radius 3 is 2.42 bits per heavy atom. The monoisotopic (exact) mass is 265 g/mol. The molecule has 0 spiro atoms. The summed E-state index contributed by atoms with van der Waals surface area (Å²) >= 11 is 0. The van der Waals surface area contributed by atoms with Crippen molar-refractivity contribution in [1.29, 1.82) is 0 Å². The molecule has 108 valence electrons. The highest BCUT2D eigenvalue weighted by Crippen LogP contribution is 2.34. The lowest BCUT2D eigenvalue weighted by atomic mass is 9.86. The molecule has 0 aromatic carbocycles.